The fraction of sp³-hybridized carbons (Fsp3) is 0.500. The van der Waals surface area contributed by atoms with E-state index in [9.17, 15) is 30.0 Å². The van der Waals surface area contributed by atoms with Gasteiger partial charge in [-0.1, -0.05) is 12.2 Å². The highest BCUT2D eigenvalue weighted by molar-refractivity contribution is 5.87. The van der Waals surface area contributed by atoms with Crippen LogP contribution in [0.5, 0.6) is 0 Å². The lowest BCUT2D eigenvalue weighted by Gasteiger charge is -2.24. The van der Waals surface area contributed by atoms with Crippen LogP contribution in [0.4, 0.5) is 0 Å². The zero-order valence-corrected chi connectivity index (χ0v) is 15.7. The average molecular weight is 380 g/mol. The molecule has 1 aromatic heterocycles. The van der Waals surface area contributed by atoms with Crippen molar-refractivity contribution in [1.29, 1.82) is 0 Å². The van der Waals surface area contributed by atoms with Gasteiger partial charge in [-0.3, -0.25) is 0 Å². The second-order valence-electron chi connectivity index (χ2n) is 6.99. The average Bonchev–Trinajstić information content (AvgIpc) is 3.07. The molecule has 0 saturated heterocycles. The molecular formula is C20H28O7. The molecule has 0 aliphatic rings. The van der Waals surface area contributed by atoms with Crippen LogP contribution in [-0.2, 0) is 16.0 Å². The molecule has 4 N–H and O–H groups in total. The van der Waals surface area contributed by atoms with Crippen molar-refractivity contribution in [3.63, 3.8) is 0 Å². The number of allylic oxidation sites excluding steroid dienone is 2. The Hall–Kier alpha value is -2.38. The summed E-state index contributed by atoms with van der Waals surface area (Å²) in [4.78, 5) is 22.7. The van der Waals surface area contributed by atoms with Gasteiger partial charge in [0.15, 0.2) is 0 Å². The summed E-state index contributed by atoms with van der Waals surface area (Å²) in [6, 6.07) is 1.82. The number of hydrogen-bond acceptors (Lipinski definition) is 5. The molecule has 0 saturated carbocycles. The van der Waals surface area contributed by atoms with Gasteiger partial charge in [-0.15, -0.1) is 0 Å². The minimum Gasteiger partial charge on any atom is -0.478 e. The summed E-state index contributed by atoms with van der Waals surface area (Å²) in [6.07, 6.45) is 7.14. The van der Waals surface area contributed by atoms with Crippen molar-refractivity contribution in [2.24, 2.45) is 0 Å². The molecule has 0 aliphatic heterocycles. The number of carbonyl (C=O) groups is 2. The molecule has 0 bridgehead atoms. The highest BCUT2D eigenvalue weighted by Crippen LogP contribution is 2.18. The van der Waals surface area contributed by atoms with Gasteiger partial charge in [-0.25, -0.2) is 9.59 Å². The maximum Gasteiger partial charge on any atom is 0.331 e. The van der Waals surface area contributed by atoms with Crippen LogP contribution < -0.4 is 0 Å². The van der Waals surface area contributed by atoms with Gasteiger partial charge in [0.25, 0.3) is 0 Å². The van der Waals surface area contributed by atoms with Crippen molar-refractivity contribution in [1.82, 2.24) is 0 Å². The third-order valence-corrected chi connectivity index (χ3v) is 4.26. The van der Waals surface area contributed by atoms with Crippen LogP contribution >= 0.6 is 0 Å². The topological polar surface area (TPSA) is 128 Å². The Balaban J connectivity index is 2.60. The fourth-order valence-electron chi connectivity index (χ4n) is 2.49. The Kier molecular flexibility index (Phi) is 8.97. The van der Waals surface area contributed by atoms with Crippen molar-refractivity contribution in [2.75, 3.05) is 0 Å². The van der Waals surface area contributed by atoms with Gasteiger partial charge >= 0.3 is 11.9 Å². The molecule has 0 amide bonds. The summed E-state index contributed by atoms with van der Waals surface area (Å²) in [6.45, 7) is 2.91. The maximum absolute atomic E-state index is 11.3. The van der Waals surface area contributed by atoms with E-state index < -0.39 is 23.6 Å². The standard InChI is InChI=1S/C20H28O7/c1-20(2,26)17(21)10-9-16(19(24)25)8-4-7-15(18(22)23)6-3-5-14-11-12-27-13-14/h6,8,11-13,17,21,26H,3-5,7,9-10H2,1-2H3,(H,22,23)(H,24,25)/b15-6+,16-8-/t17-/m0/s1. The number of carboxylic acid groups (broad SMARTS) is 2. The quantitative estimate of drug-likeness (QED) is 0.410. The van der Waals surface area contributed by atoms with Gasteiger partial charge < -0.3 is 24.8 Å². The first-order chi connectivity index (χ1) is 12.6. The molecule has 0 radical (unpaired) electrons. The third-order valence-electron chi connectivity index (χ3n) is 4.26. The molecule has 0 spiro atoms. The first kappa shape index (κ1) is 22.7. The number of aliphatic hydroxyl groups is 2. The summed E-state index contributed by atoms with van der Waals surface area (Å²) in [5.74, 6) is -2.14. The third kappa shape index (κ3) is 8.70. The van der Waals surface area contributed by atoms with Crippen LogP contribution in [0.1, 0.15) is 51.5 Å². The number of furan rings is 1. The van der Waals surface area contributed by atoms with Crippen LogP contribution in [0.2, 0.25) is 0 Å². The summed E-state index contributed by atoms with van der Waals surface area (Å²) < 4.78 is 4.96. The molecule has 7 heteroatoms. The van der Waals surface area contributed by atoms with Crippen molar-refractivity contribution >= 4 is 11.9 Å². The number of rotatable bonds is 12. The largest absolute Gasteiger partial charge is 0.478 e. The van der Waals surface area contributed by atoms with Crippen molar-refractivity contribution < 1.29 is 34.4 Å². The van der Waals surface area contributed by atoms with Crippen LogP contribution in [0.3, 0.4) is 0 Å². The smallest absolute Gasteiger partial charge is 0.331 e. The van der Waals surface area contributed by atoms with E-state index in [1.54, 1.807) is 18.6 Å². The minimum atomic E-state index is -1.31. The Bertz CT molecular complexity index is 663. The number of aryl methyl sites for hydroxylation is 1. The molecule has 1 heterocycles. The maximum atomic E-state index is 11.3. The van der Waals surface area contributed by atoms with Gasteiger partial charge in [0.2, 0.25) is 0 Å². The lowest BCUT2D eigenvalue weighted by atomic mass is 9.95. The second kappa shape index (κ2) is 10.7. The highest BCUT2D eigenvalue weighted by atomic mass is 16.4. The number of carboxylic acids is 2. The van der Waals surface area contributed by atoms with E-state index in [2.05, 4.69) is 0 Å². The van der Waals surface area contributed by atoms with E-state index in [4.69, 9.17) is 4.42 Å². The Labute approximate surface area is 158 Å². The van der Waals surface area contributed by atoms with Crippen molar-refractivity contribution in [3.05, 3.63) is 47.5 Å². The molecule has 1 rings (SSSR count). The van der Waals surface area contributed by atoms with Gasteiger partial charge in [-0.2, -0.15) is 0 Å². The Morgan fingerprint density at radius 2 is 1.70 bits per heavy atom. The number of aliphatic hydroxyl groups excluding tert-OH is 1. The number of hydrogen-bond donors (Lipinski definition) is 4. The van der Waals surface area contributed by atoms with Crippen LogP contribution in [0.25, 0.3) is 0 Å². The predicted molar refractivity (Wildman–Crippen MR) is 99.2 cm³/mol. The molecule has 0 unspecified atom stereocenters. The van der Waals surface area contributed by atoms with Crippen LogP contribution in [0.15, 0.2) is 46.3 Å². The zero-order chi connectivity index (χ0) is 20.4. The van der Waals surface area contributed by atoms with E-state index in [0.717, 1.165) is 5.56 Å². The molecule has 1 aromatic rings. The Morgan fingerprint density at radius 3 is 2.22 bits per heavy atom. The van der Waals surface area contributed by atoms with Crippen LogP contribution in [0, 0.1) is 0 Å². The lowest BCUT2D eigenvalue weighted by molar-refractivity contribution is -0.133. The zero-order valence-electron chi connectivity index (χ0n) is 15.7. The van der Waals surface area contributed by atoms with E-state index in [-0.39, 0.29) is 36.8 Å². The molecule has 0 aliphatic carbocycles. The van der Waals surface area contributed by atoms with Gasteiger partial charge in [0.05, 0.1) is 24.2 Å². The normalized spacial score (nSPS) is 14.2. The molecular weight excluding hydrogens is 352 g/mol. The predicted octanol–water partition coefficient (Wildman–Crippen LogP) is 2.93. The molecule has 27 heavy (non-hydrogen) atoms. The van der Waals surface area contributed by atoms with Crippen LogP contribution in [-0.4, -0.2) is 44.1 Å². The lowest BCUT2D eigenvalue weighted by Crippen LogP contribution is -2.35. The Morgan fingerprint density at radius 1 is 1.11 bits per heavy atom. The minimum absolute atomic E-state index is 0.0904. The van der Waals surface area contributed by atoms with Crippen molar-refractivity contribution in [3.8, 4) is 0 Å². The van der Waals surface area contributed by atoms with E-state index in [0.29, 0.717) is 12.8 Å². The van der Waals surface area contributed by atoms with Gasteiger partial charge in [-0.05, 0) is 64.0 Å². The highest BCUT2D eigenvalue weighted by Gasteiger charge is 2.24. The first-order valence-corrected chi connectivity index (χ1v) is 8.87. The summed E-state index contributed by atoms with van der Waals surface area (Å²) >= 11 is 0. The summed E-state index contributed by atoms with van der Waals surface area (Å²) in [5, 5.41) is 38.1. The van der Waals surface area contributed by atoms with Gasteiger partial charge in [0, 0.05) is 11.1 Å². The molecule has 1 atom stereocenters. The second-order valence-corrected chi connectivity index (χ2v) is 6.99. The van der Waals surface area contributed by atoms with Crippen molar-refractivity contribution in [2.45, 2.75) is 64.1 Å². The van der Waals surface area contributed by atoms with E-state index >= 15 is 0 Å². The monoisotopic (exact) mass is 380 g/mol. The first-order valence-electron chi connectivity index (χ1n) is 8.87. The van der Waals surface area contributed by atoms with E-state index in [1.165, 1.54) is 19.9 Å². The number of aliphatic carboxylic acids is 2. The molecule has 150 valence electrons. The summed E-state index contributed by atoms with van der Waals surface area (Å²) in [7, 11) is 0. The summed E-state index contributed by atoms with van der Waals surface area (Å²) in [5.41, 5.74) is 0.00418. The molecule has 7 nitrogen and oxygen atoms in total. The molecule has 0 aromatic carbocycles. The SMILES string of the molecule is CC(C)(O)[C@@H](O)CC/C(=C/CC/C(=C\CCc1ccoc1)C(=O)O)C(=O)O. The van der Waals surface area contributed by atoms with E-state index in [1.807, 2.05) is 6.07 Å². The fourth-order valence-corrected chi connectivity index (χ4v) is 2.49. The molecule has 0 fully saturated rings. The van der Waals surface area contributed by atoms with Gasteiger partial charge in [0.1, 0.15) is 0 Å².